The summed E-state index contributed by atoms with van der Waals surface area (Å²) in [5, 5.41) is 5.67. The SMILES string of the molecule is O.O=C1NC(=O)C(c2ccsc2)O1.[NaH]. The molecule has 3 N–H and O–H groups in total. The Kier molecular flexibility index (Phi) is 5.32. The standard InChI is InChI=1S/C7H5NO3S.Na.H2O.H/c9-6-5(11-7(10)8-6)4-1-2-12-3-4;;;/h1-3,5H,(H,8,9,10);;1H2;. The number of rotatable bonds is 1. The average Bonchev–Trinajstić information content (AvgIpc) is 2.58. The van der Waals surface area contributed by atoms with Crippen molar-refractivity contribution in [3.8, 4) is 0 Å². The van der Waals surface area contributed by atoms with E-state index in [9.17, 15) is 9.59 Å². The average molecular weight is 225 g/mol. The van der Waals surface area contributed by atoms with Gasteiger partial charge in [-0.25, -0.2) is 4.79 Å². The minimum absolute atomic E-state index is 0. The molecule has 0 radical (unpaired) electrons. The van der Waals surface area contributed by atoms with Crippen LogP contribution in [0.4, 0.5) is 4.79 Å². The van der Waals surface area contributed by atoms with Crippen LogP contribution in [0.25, 0.3) is 0 Å². The molecule has 1 saturated heterocycles. The fraction of sp³-hybridized carbons (Fsp3) is 0.143. The molecule has 1 aliphatic heterocycles. The molecule has 1 aromatic rings. The summed E-state index contributed by atoms with van der Waals surface area (Å²) in [5.74, 6) is -0.390. The minimum atomic E-state index is -0.747. The molecule has 1 aliphatic rings. The van der Waals surface area contributed by atoms with E-state index in [1.165, 1.54) is 11.3 Å². The van der Waals surface area contributed by atoms with Crippen LogP contribution in [0.5, 0.6) is 0 Å². The van der Waals surface area contributed by atoms with Crippen LogP contribution in [0.2, 0.25) is 0 Å². The maximum atomic E-state index is 11.0. The molecule has 0 bridgehead atoms. The van der Waals surface area contributed by atoms with Crippen molar-refractivity contribution < 1.29 is 19.8 Å². The van der Waals surface area contributed by atoms with Gasteiger partial charge in [-0.05, 0) is 16.8 Å². The second-order valence-corrected chi connectivity index (χ2v) is 3.11. The second-order valence-electron chi connectivity index (χ2n) is 2.33. The second kappa shape index (κ2) is 5.47. The number of nitrogens with one attached hydrogen (secondary N) is 1. The third kappa shape index (κ3) is 2.55. The Hall–Kier alpha value is -0.400. The zero-order chi connectivity index (χ0) is 8.55. The van der Waals surface area contributed by atoms with Crippen molar-refractivity contribution in [2.24, 2.45) is 0 Å². The predicted molar refractivity (Wildman–Crippen MR) is 52.4 cm³/mol. The van der Waals surface area contributed by atoms with Crippen LogP contribution in [0.15, 0.2) is 16.8 Å². The Labute approximate surface area is 106 Å². The van der Waals surface area contributed by atoms with Gasteiger partial charge in [-0.2, -0.15) is 11.3 Å². The molecule has 72 valence electrons. The van der Waals surface area contributed by atoms with Gasteiger partial charge in [0.15, 0.2) is 0 Å². The molecule has 7 heteroatoms. The first-order valence-electron chi connectivity index (χ1n) is 3.31. The van der Waals surface area contributed by atoms with Crippen molar-refractivity contribution in [3.63, 3.8) is 0 Å². The number of carbonyl (C=O) groups excluding carboxylic acids is 2. The molecule has 14 heavy (non-hydrogen) atoms. The van der Waals surface area contributed by atoms with Crippen LogP contribution in [0.1, 0.15) is 11.7 Å². The summed E-state index contributed by atoms with van der Waals surface area (Å²) in [6, 6.07) is 1.76. The normalized spacial score (nSPS) is 19.0. The first-order chi connectivity index (χ1) is 5.77. The number of imide groups is 1. The van der Waals surface area contributed by atoms with Gasteiger partial charge < -0.3 is 10.2 Å². The summed E-state index contributed by atoms with van der Waals surface area (Å²) in [6.45, 7) is 0. The summed E-state index contributed by atoms with van der Waals surface area (Å²) in [6.07, 6.45) is -1.42. The van der Waals surface area contributed by atoms with E-state index in [1.54, 1.807) is 11.4 Å². The third-order valence-electron chi connectivity index (χ3n) is 1.53. The molecule has 1 unspecified atom stereocenters. The fourth-order valence-corrected chi connectivity index (χ4v) is 1.67. The van der Waals surface area contributed by atoms with E-state index >= 15 is 0 Å². The van der Waals surface area contributed by atoms with Gasteiger partial charge in [0.05, 0.1) is 0 Å². The van der Waals surface area contributed by atoms with E-state index in [4.69, 9.17) is 4.74 Å². The van der Waals surface area contributed by atoms with Crippen LogP contribution in [0.3, 0.4) is 0 Å². The molecule has 2 rings (SSSR count). The Bertz CT molecular complexity index is 326. The maximum absolute atomic E-state index is 11.0. The van der Waals surface area contributed by atoms with Gasteiger partial charge in [0.25, 0.3) is 5.91 Å². The predicted octanol–water partition coefficient (Wildman–Crippen LogP) is -0.418. The Balaban J connectivity index is 0.000000845. The van der Waals surface area contributed by atoms with Crippen molar-refractivity contribution in [1.29, 1.82) is 0 Å². The fourth-order valence-electron chi connectivity index (χ4n) is 1.000. The third-order valence-corrected chi connectivity index (χ3v) is 2.24. The van der Waals surface area contributed by atoms with Crippen LogP contribution < -0.4 is 5.32 Å². The first-order valence-corrected chi connectivity index (χ1v) is 4.25. The zero-order valence-electron chi connectivity index (χ0n) is 6.44. The molecule has 0 aliphatic carbocycles. The molecular weight excluding hydrogens is 217 g/mol. The van der Waals surface area contributed by atoms with E-state index < -0.39 is 18.1 Å². The van der Waals surface area contributed by atoms with Crippen LogP contribution >= 0.6 is 11.3 Å². The van der Waals surface area contributed by atoms with Gasteiger partial charge in [-0.1, -0.05) is 0 Å². The van der Waals surface area contributed by atoms with E-state index in [0.29, 0.717) is 0 Å². The van der Waals surface area contributed by atoms with Crippen molar-refractivity contribution >= 4 is 52.9 Å². The van der Waals surface area contributed by atoms with E-state index in [1.807, 2.05) is 5.38 Å². The summed E-state index contributed by atoms with van der Waals surface area (Å²) in [5.41, 5.74) is 0.725. The molecule has 2 amide bonds. The molecule has 1 aromatic heterocycles. The Morgan fingerprint density at radius 3 is 2.57 bits per heavy atom. The van der Waals surface area contributed by atoms with E-state index in [-0.39, 0.29) is 35.0 Å². The Morgan fingerprint density at radius 2 is 2.14 bits per heavy atom. The number of hydrogen-bond acceptors (Lipinski definition) is 4. The number of cyclic esters (lactones) is 1. The number of thiophene rings is 1. The van der Waals surface area contributed by atoms with Crippen LogP contribution in [-0.2, 0) is 9.53 Å². The number of carbonyl (C=O) groups is 2. The van der Waals surface area contributed by atoms with Crippen LogP contribution in [0, 0.1) is 0 Å². The van der Waals surface area contributed by atoms with Crippen LogP contribution in [-0.4, -0.2) is 47.0 Å². The first kappa shape index (κ1) is 13.6. The summed E-state index contributed by atoms with van der Waals surface area (Å²) in [7, 11) is 0. The van der Waals surface area contributed by atoms with Gasteiger partial charge in [-0.15, -0.1) is 0 Å². The van der Waals surface area contributed by atoms with E-state index in [0.717, 1.165) is 5.56 Å². The summed E-state index contributed by atoms with van der Waals surface area (Å²) >= 11 is 1.46. The molecular formula is C7H8NNaO4S. The Morgan fingerprint density at radius 1 is 1.43 bits per heavy atom. The van der Waals surface area contributed by atoms with Gasteiger partial charge in [0.1, 0.15) is 0 Å². The number of amides is 2. The van der Waals surface area contributed by atoms with Crippen molar-refractivity contribution in [3.05, 3.63) is 22.4 Å². The molecule has 1 atom stereocenters. The van der Waals surface area contributed by atoms with Gasteiger partial charge in [0.2, 0.25) is 6.10 Å². The summed E-state index contributed by atoms with van der Waals surface area (Å²) in [4.78, 5) is 21.6. The summed E-state index contributed by atoms with van der Waals surface area (Å²) < 4.78 is 4.73. The van der Waals surface area contributed by atoms with Crippen molar-refractivity contribution in [2.75, 3.05) is 0 Å². The van der Waals surface area contributed by atoms with Crippen molar-refractivity contribution in [1.82, 2.24) is 5.32 Å². The molecule has 0 aromatic carbocycles. The van der Waals surface area contributed by atoms with Gasteiger partial charge in [0, 0.05) is 5.56 Å². The van der Waals surface area contributed by atoms with Gasteiger partial charge in [-0.3, -0.25) is 10.1 Å². The zero-order valence-corrected chi connectivity index (χ0v) is 7.26. The van der Waals surface area contributed by atoms with E-state index in [2.05, 4.69) is 5.32 Å². The molecule has 2 heterocycles. The molecule has 0 spiro atoms. The van der Waals surface area contributed by atoms with Crippen molar-refractivity contribution in [2.45, 2.75) is 6.10 Å². The topological polar surface area (TPSA) is 86.9 Å². The number of hydrogen-bond donors (Lipinski definition) is 1. The molecule has 5 nitrogen and oxygen atoms in total. The van der Waals surface area contributed by atoms with Gasteiger partial charge >= 0.3 is 35.7 Å². The number of ether oxygens (including phenoxy) is 1. The number of alkyl carbamates (subject to hydrolysis) is 1. The molecule has 0 saturated carbocycles. The quantitative estimate of drug-likeness (QED) is 0.658. The monoisotopic (exact) mass is 225 g/mol. The molecule has 1 fully saturated rings.